The topological polar surface area (TPSA) is 58.2 Å². The number of hydrogen-bond donors (Lipinski definition) is 2. The van der Waals surface area contributed by atoms with Gasteiger partial charge in [0.25, 0.3) is 0 Å². The van der Waals surface area contributed by atoms with Gasteiger partial charge in [-0.3, -0.25) is 9.59 Å². The average molecular weight is 341 g/mol. The van der Waals surface area contributed by atoms with Crippen molar-refractivity contribution < 1.29 is 14.0 Å². The van der Waals surface area contributed by atoms with Crippen LogP contribution in [0.5, 0.6) is 0 Å². The molecule has 2 rings (SSSR count). The lowest BCUT2D eigenvalue weighted by Crippen LogP contribution is -2.35. The fourth-order valence-electron chi connectivity index (χ4n) is 1.71. The Bertz CT molecular complexity index is 702. The standard InChI is InChI=1S/C15H11Cl2FN2O2/c16-10-5-11(17)7-12(6-10)20-15(22)14(21)19-8-9-3-1-2-4-13(9)18/h1-7H,8H2,(H,19,21)(H,20,22). The van der Waals surface area contributed by atoms with Crippen LogP contribution >= 0.6 is 23.2 Å². The minimum Gasteiger partial charge on any atom is -0.344 e. The van der Waals surface area contributed by atoms with Crippen LogP contribution in [0.2, 0.25) is 10.0 Å². The molecule has 0 aromatic heterocycles. The minimum atomic E-state index is -0.894. The molecule has 22 heavy (non-hydrogen) atoms. The Morgan fingerprint density at radius 3 is 2.27 bits per heavy atom. The summed E-state index contributed by atoms with van der Waals surface area (Å²) in [5.74, 6) is -2.24. The molecule has 0 fully saturated rings. The zero-order chi connectivity index (χ0) is 16.1. The van der Waals surface area contributed by atoms with E-state index in [0.29, 0.717) is 15.7 Å². The summed E-state index contributed by atoms with van der Waals surface area (Å²) in [4.78, 5) is 23.4. The average Bonchev–Trinajstić information content (AvgIpc) is 2.45. The molecule has 2 aromatic rings. The molecular weight excluding hydrogens is 330 g/mol. The van der Waals surface area contributed by atoms with Gasteiger partial charge in [-0.25, -0.2) is 4.39 Å². The third kappa shape index (κ3) is 4.44. The first-order valence-electron chi connectivity index (χ1n) is 6.24. The van der Waals surface area contributed by atoms with Gasteiger partial charge in [-0.05, 0) is 24.3 Å². The number of nitrogens with one attached hydrogen (secondary N) is 2. The lowest BCUT2D eigenvalue weighted by molar-refractivity contribution is -0.136. The summed E-state index contributed by atoms with van der Waals surface area (Å²) >= 11 is 11.6. The highest BCUT2D eigenvalue weighted by molar-refractivity contribution is 6.40. The van der Waals surface area contributed by atoms with Crippen LogP contribution in [0.1, 0.15) is 5.56 Å². The van der Waals surface area contributed by atoms with Crippen LogP contribution in [-0.4, -0.2) is 11.8 Å². The van der Waals surface area contributed by atoms with Crippen LogP contribution < -0.4 is 10.6 Å². The molecule has 0 unspecified atom stereocenters. The molecule has 2 aromatic carbocycles. The van der Waals surface area contributed by atoms with E-state index >= 15 is 0 Å². The first kappa shape index (κ1) is 16.3. The summed E-state index contributed by atoms with van der Waals surface area (Å²) in [5.41, 5.74) is 0.581. The van der Waals surface area contributed by atoms with Gasteiger partial charge in [0.15, 0.2) is 0 Å². The molecule has 0 atom stereocenters. The van der Waals surface area contributed by atoms with E-state index in [-0.39, 0.29) is 12.1 Å². The Morgan fingerprint density at radius 1 is 1.00 bits per heavy atom. The molecule has 0 saturated heterocycles. The Labute approximate surface area is 136 Å². The molecule has 114 valence electrons. The van der Waals surface area contributed by atoms with E-state index < -0.39 is 17.6 Å². The molecule has 0 aliphatic carbocycles. The highest BCUT2D eigenvalue weighted by Gasteiger charge is 2.14. The van der Waals surface area contributed by atoms with Crippen LogP contribution in [0, 0.1) is 5.82 Å². The Morgan fingerprint density at radius 2 is 1.64 bits per heavy atom. The summed E-state index contributed by atoms with van der Waals surface area (Å²) in [6.07, 6.45) is 0. The van der Waals surface area contributed by atoms with Gasteiger partial charge >= 0.3 is 11.8 Å². The van der Waals surface area contributed by atoms with Gasteiger partial charge in [0, 0.05) is 27.8 Å². The zero-order valence-corrected chi connectivity index (χ0v) is 12.7. The third-order valence-electron chi connectivity index (χ3n) is 2.72. The first-order chi connectivity index (χ1) is 10.5. The molecule has 0 bridgehead atoms. The highest BCUT2D eigenvalue weighted by atomic mass is 35.5. The second kappa shape index (κ2) is 7.24. The molecule has 2 amide bonds. The maximum atomic E-state index is 13.4. The van der Waals surface area contributed by atoms with E-state index in [0.717, 1.165) is 0 Å². The van der Waals surface area contributed by atoms with Gasteiger partial charge in [0.05, 0.1) is 0 Å². The smallest absolute Gasteiger partial charge is 0.313 e. The molecule has 2 N–H and O–H groups in total. The van der Waals surface area contributed by atoms with Crippen LogP contribution in [-0.2, 0) is 16.1 Å². The van der Waals surface area contributed by atoms with E-state index in [4.69, 9.17) is 23.2 Å². The van der Waals surface area contributed by atoms with Crippen molar-refractivity contribution in [3.8, 4) is 0 Å². The second-order valence-corrected chi connectivity index (χ2v) is 5.26. The number of hydrogen-bond acceptors (Lipinski definition) is 2. The molecule has 0 aliphatic heterocycles. The number of amides is 2. The number of carbonyl (C=O) groups excluding carboxylic acids is 2. The van der Waals surface area contributed by atoms with Crippen molar-refractivity contribution in [3.05, 3.63) is 63.9 Å². The van der Waals surface area contributed by atoms with E-state index in [9.17, 15) is 14.0 Å². The normalized spacial score (nSPS) is 10.1. The van der Waals surface area contributed by atoms with Crippen LogP contribution in [0.3, 0.4) is 0 Å². The highest BCUT2D eigenvalue weighted by Crippen LogP contribution is 2.22. The maximum Gasteiger partial charge on any atom is 0.313 e. The van der Waals surface area contributed by atoms with E-state index in [1.165, 1.54) is 36.4 Å². The third-order valence-corrected chi connectivity index (χ3v) is 3.16. The van der Waals surface area contributed by atoms with Gasteiger partial charge in [-0.2, -0.15) is 0 Å². The van der Waals surface area contributed by atoms with Crippen molar-refractivity contribution in [2.75, 3.05) is 5.32 Å². The molecule has 4 nitrogen and oxygen atoms in total. The van der Waals surface area contributed by atoms with Gasteiger partial charge in [0.1, 0.15) is 5.82 Å². The lowest BCUT2D eigenvalue weighted by Gasteiger charge is -2.08. The monoisotopic (exact) mass is 340 g/mol. The number of halogens is 3. The largest absolute Gasteiger partial charge is 0.344 e. The van der Waals surface area contributed by atoms with Crippen molar-refractivity contribution in [3.63, 3.8) is 0 Å². The molecular formula is C15H11Cl2FN2O2. The van der Waals surface area contributed by atoms with Crippen molar-refractivity contribution in [2.45, 2.75) is 6.54 Å². The summed E-state index contributed by atoms with van der Waals surface area (Å²) in [6.45, 7) is -0.0881. The quantitative estimate of drug-likeness (QED) is 0.841. The van der Waals surface area contributed by atoms with Gasteiger partial charge in [-0.1, -0.05) is 41.4 Å². The molecule has 7 heteroatoms. The van der Waals surface area contributed by atoms with E-state index in [2.05, 4.69) is 10.6 Å². The SMILES string of the molecule is O=C(NCc1ccccc1F)C(=O)Nc1cc(Cl)cc(Cl)c1. The van der Waals surface area contributed by atoms with E-state index in [1.807, 2.05) is 0 Å². The Kier molecular flexibility index (Phi) is 5.35. The second-order valence-electron chi connectivity index (χ2n) is 4.39. The van der Waals surface area contributed by atoms with Crippen molar-refractivity contribution in [2.24, 2.45) is 0 Å². The first-order valence-corrected chi connectivity index (χ1v) is 7.00. The number of carbonyl (C=O) groups is 2. The van der Waals surface area contributed by atoms with Crippen molar-refractivity contribution in [1.82, 2.24) is 5.32 Å². The van der Waals surface area contributed by atoms with Crippen LogP contribution in [0.4, 0.5) is 10.1 Å². The predicted molar refractivity (Wildman–Crippen MR) is 83.3 cm³/mol. The fourth-order valence-corrected chi connectivity index (χ4v) is 2.24. The summed E-state index contributed by atoms with van der Waals surface area (Å²) in [5, 5.41) is 5.35. The number of benzene rings is 2. The van der Waals surface area contributed by atoms with Gasteiger partial charge in [0.2, 0.25) is 0 Å². The van der Waals surface area contributed by atoms with Gasteiger partial charge < -0.3 is 10.6 Å². The number of anilines is 1. The molecule has 0 radical (unpaired) electrons. The fraction of sp³-hybridized carbons (Fsp3) is 0.0667. The molecule has 0 aliphatic rings. The minimum absolute atomic E-state index is 0.0881. The van der Waals surface area contributed by atoms with Crippen LogP contribution in [0.25, 0.3) is 0 Å². The van der Waals surface area contributed by atoms with Gasteiger partial charge in [-0.15, -0.1) is 0 Å². The zero-order valence-electron chi connectivity index (χ0n) is 11.2. The maximum absolute atomic E-state index is 13.4. The van der Waals surface area contributed by atoms with Crippen LogP contribution in [0.15, 0.2) is 42.5 Å². The molecule has 0 spiro atoms. The Balaban J connectivity index is 1.95. The Hall–Kier alpha value is -2.11. The van der Waals surface area contributed by atoms with Crippen molar-refractivity contribution >= 4 is 40.7 Å². The number of rotatable bonds is 3. The molecule has 0 saturated carbocycles. The summed E-state index contributed by atoms with van der Waals surface area (Å²) in [7, 11) is 0. The summed E-state index contributed by atoms with van der Waals surface area (Å²) in [6, 6.07) is 10.4. The van der Waals surface area contributed by atoms with Crippen molar-refractivity contribution in [1.29, 1.82) is 0 Å². The predicted octanol–water partition coefficient (Wildman–Crippen LogP) is 3.39. The lowest BCUT2D eigenvalue weighted by atomic mass is 10.2. The summed E-state index contributed by atoms with van der Waals surface area (Å²) < 4.78 is 13.4. The van der Waals surface area contributed by atoms with E-state index in [1.54, 1.807) is 6.07 Å². The molecule has 0 heterocycles.